The third kappa shape index (κ3) is 4.54. The van der Waals surface area contributed by atoms with Crippen molar-refractivity contribution in [1.29, 1.82) is 0 Å². The Morgan fingerprint density at radius 1 is 1.06 bits per heavy atom. The molecule has 0 atom stereocenters. The molecule has 1 aliphatic rings. The molecule has 10 heteroatoms. The van der Waals surface area contributed by atoms with Crippen molar-refractivity contribution >= 4 is 5.69 Å². The summed E-state index contributed by atoms with van der Waals surface area (Å²) >= 11 is 0. The van der Waals surface area contributed by atoms with Crippen LogP contribution in [0.3, 0.4) is 0 Å². The molecule has 8 nitrogen and oxygen atoms in total. The van der Waals surface area contributed by atoms with E-state index in [1.165, 1.54) is 16.5 Å². The quantitative estimate of drug-likeness (QED) is 0.553. The molecule has 0 radical (unpaired) electrons. The van der Waals surface area contributed by atoms with Crippen molar-refractivity contribution in [3.63, 3.8) is 0 Å². The highest BCUT2D eigenvalue weighted by atomic mass is 19.3. The number of hydrogen-bond donors (Lipinski definition) is 3. The van der Waals surface area contributed by atoms with Crippen molar-refractivity contribution in [2.45, 2.75) is 6.42 Å². The molecule has 162 valence electrons. The van der Waals surface area contributed by atoms with Gasteiger partial charge in [0, 0.05) is 56.0 Å². The Balaban J connectivity index is 1.56. The molecular formula is C21H23F2N7O. The first kappa shape index (κ1) is 20.9. The maximum absolute atomic E-state index is 13.0. The van der Waals surface area contributed by atoms with E-state index in [1.807, 2.05) is 12.1 Å². The van der Waals surface area contributed by atoms with E-state index in [1.54, 1.807) is 12.1 Å². The fourth-order valence-electron chi connectivity index (χ4n) is 3.58. The Labute approximate surface area is 177 Å². The molecule has 1 saturated heterocycles. The van der Waals surface area contributed by atoms with E-state index < -0.39 is 11.8 Å². The molecule has 4 N–H and O–H groups in total. The number of pyridine rings is 1. The van der Waals surface area contributed by atoms with Gasteiger partial charge < -0.3 is 16.0 Å². The van der Waals surface area contributed by atoms with Crippen LogP contribution < -0.4 is 21.6 Å². The number of nitrogens with zero attached hydrogens (tertiary/aromatic N) is 4. The fourth-order valence-corrected chi connectivity index (χ4v) is 3.58. The van der Waals surface area contributed by atoms with Crippen LogP contribution in [0.25, 0.3) is 16.9 Å². The van der Waals surface area contributed by atoms with Gasteiger partial charge in [-0.2, -0.15) is 13.9 Å². The molecule has 31 heavy (non-hydrogen) atoms. The van der Waals surface area contributed by atoms with Crippen molar-refractivity contribution in [1.82, 2.24) is 25.1 Å². The summed E-state index contributed by atoms with van der Waals surface area (Å²) in [5.41, 5.74) is 7.87. The van der Waals surface area contributed by atoms with E-state index in [-0.39, 0.29) is 24.4 Å². The van der Waals surface area contributed by atoms with Crippen molar-refractivity contribution in [3.8, 4) is 16.9 Å². The van der Waals surface area contributed by atoms with E-state index >= 15 is 0 Å². The standard InChI is InChI=1S/C21H23F2N7O/c22-20(23)15(12-24)11-19-27-28-21(31)30(19)17-5-6-18(26-13-17)14-1-3-16(4-2-14)29-9-7-25-8-10-29/h1-6,13,25H,7-12,24H2,(H,28,31). The second kappa shape index (κ2) is 9.19. The summed E-state index contributed by atoms with van der Waals surface area (Å²) in [5, 5.41) is 9.50. The minimum atomic E-state index is -1.86. The zero-order chi connectivity index (χ0) is 21.8. The van der Waals surface area contributed by atoms with Crippen molar-refractivity contribution < 1.29 is 8.78 Å². The number of hydrogen-bond acceptors (Lipinski definition) is 6. The fraction of sp³-hybridized carbons (Fsp3) is 0.286. The van der Waals surface area contributed by atoms with Crippen LogP contribution in [0.4, 0.5) is 14.5 Å². The average molecular weight is 427 g/mol. The van der Waals surface area contributed by atoms with Crippen molar-refractivity contribution in [3.05, 3.63) is 70.6 Å². The molecule has 1 aliphatic heterocycles. The van der Waals surface area contributed by atoms with Crippen LogP contribution in [-0.2, 0) is 6.42 Å². The molecule has 3 aromatic rings. The summed E-state index contributed by atoms with van der Waals surface area (Å²) in [7, 11) is 0. The number of benzene rings is 1. The van der Waals surface area contributed by atoms with Crippen LogP contribution >= 0.6 is 0 Å². The minimum Gasteiger partial charge on any atom is -0.369 e. The van der Waals surface area contributed by atoms with Gasteiger partial charge in [-0.1, -0.05) is 12.1 Å². The van der Waals surface area contributed by atoms with Crippen LogP contribution in [-0.4, -0.2) is 52.5 Å². The van der Waals surface area contributed by atoms with Crippen LogP contribution in [0, 0.1) is 0 Å². The molecule has 0 saturated carbocycles. The molecule has 0 unspecified atom stereocenters. The molecule has 4 rings (SSSR count). The van der Waals surface area contributed by atoms with Gasteiger partial charge in [0.15, 0.2) is 0 Å². The monoisotopic (exact) mass is 427 g/mol. The lowest BCUT2D eigenvalue weighted by Crippen LogP contribution is -2.43. The Morgan fingerprint density at radius 2 is 1.77 bits per heavy atom. The summed E-state index contributed by atoms with van der Waals surface area (Å²) in [6.07, 6.45) is -0.563. The van der Waals surface area contributed by atoms with Gasteiger partial charge in [-0.15, -0.1) is 0 Å². The molecule has 0 bridgehead atoms. The minimum absolute atomic E-state index is 0.146. The van der Waals surface area contributed by atoms with Crippen LogP contribution in [0.1, 0.15) is 5.82 Å². The third-order valence-corrected chi connectivity index (χ3v) is 5.28. The van der Waals surface area contributed by atoms with Gasteiger partial charge >= 0.3 is 5.69 Å². The summed E-state index contributed by atoms with van der Waals surface area (Å²) in [6.45, 7) is 3.58. The first-order valence-electron chi connectivity index (χ1n) is 9.98. The number of piperazine rings is 1. The number of anilines is 1. The lowest BCUT2D eigenvalue weighted by molar-refractivity contribution is 0.407. The number of aromatic nitrogens is 4. The molecule has 3 heterocycles. The van der Waals surface area contributed by atoms with Crippen molar-refractivity contribution in [2.75, 3.05) is 37.6 Å². The SMILES string of the molecule is NCC(Cc1n[nH]c(=O)n1-c1ccc(-c2ccc(N3CCNCC3)cc2)nc1)=C(F)F. The maximum atomic E-state index is 13.0. The van der Waals surface area contributed by atoms with E-state index in [0.717, 1.165) is 37.4 Å². The summed E-state index contributed by atoms with van der Waals surface area (Å²) in [5.74, 6) is 0.146. The Bertz CT molecular complexity index is 1110. The highest BCUT2D eigenvalue weighted by molar-refractivity contribution is 5.64. The molecule has 0 spiro atoms. The topological polar surface area (TPSA) is 105 Å². The molecule has 0 aliphatic carbocycles. The molecule has 1 aromatic carbocycles. The normalized spacial score (nSPS) is 14.0. The summed E-state index contributed by atoms with van der Waals surface area (Å²) in [4.78, 5) is 19.0. The summed E-state index contributed by atoms with van der Waals surface area (Å²) < 4.78 is 27.2. The summed E-state index contributed by atoms with van der Waals surface area (Å²) in [6, 6.07) is 11.7. The van der Waals surface area contributed by atoms with Gasteiger partial charge in [-0.05, 0) is 24.3 Å². The van der Waals surface area contributed by atoms with Gasteiger partial charge in [0.25, 0.3) is 6.08 Å². The zero-order valence-corrected chi connectivity index (χ0v) is 16.8. The van der Waals surface area contributed by atoms with Gasteiger partial charge in [-0.3, -0.25) is 4.98 Å². The maximum Gasteiger partial charge on any atom is 0.348 e. The number of halogens is 2. The first-order valence-corrected chi connectivity index (χ1v) is 9.98. The number of rotatable bonds is 6. The lowest BCUT2D eigenvalue weighted by atomic mass is 10.1. The second-order valence-electron chi connectivity index (χ2n) is 7.21. The van der Waals surface area contributed by atoms with E-state index in [0.29, 0.717) is 5.69 Å². The number of H-pyrrole nitrogens is 1. The molecule has 1 fully saturated rings. The van der Waals surface area contributed by atoms with Gasteiger partial charge in [0.05, 0.1) is 17.6 Å². The van der Waals surface area contributed by atoms with Gasteiger partial charge in [-0.25, -0.2) is 14.5 Å². The van der Waals surface area contributed by atoms with E-state index in [4.69, 9.17) is 5.73 Å². The largest absolute Gasteiger partial charge is 0.369 e. The van der Waals surface area contributed by atoms with Crippen LogP contribution in [0.15, 0.2) is 59.0 Å². The average Bonchev–Trinajstić information content (AvgIpc) is 3.18. The highest BCUT2D eigenvalue weighted by Gasteiger charge is 2.15. The van der Waals surface area contributed by atoms with Crippen molar-refractivity contribution in [2.24, 2.45) is 5.73 Å². The molecule has 0 amide bonds. The zero-order valence-electron chi connectivity index (χ0n) is 16.8. The van der Waals surface area contributed by atoms with Gasteiger partial charge in [0.2, 0.25) is 0 Å². The van der Waals surface area contributed by atoms with Crippen LogP contribution in [0.2, 0.25) is 0 Å². The number of nitrogens with two attached hydrogens (primary N) is 1. The predicted octanol–water partition coefficient (Wildman–Crippen LogP) is 1.68. The number of aromatic amines is 1. The Kier molecular flexibility index (Phi) is 6.19. The Hall–Kier alpha value is -3.37. The highest BCUT2D eigenvalue weighted by Crippen LogP contribution is 2.23. The second-order valence-corrected chi connectivity index (χ2v) is 7.21. The number of nitrogens with one attached hydrogen (secondary N) is 2. The van der Waals surface area contributed by atoms with Gasteiger partial charge in [0.1, 0.15) is 5.82 Å². The van der Waals surface area contributed by atoms with E-state index in [9.17, 15) is 13.6 Å². The van der Waals surface area contributed by atoms with Crippen LogP contribution in [0.5, 0.6) is 0 Å². The Morgan fingerprint density at radius 3 is 2.39 bits per heavy atom. The third-order valence-electron chi connectivity index (χ3n) is 5.28. The van der Waals surface area contributed by atoms with E-state index in [2.05, 4.69) is 37.5 Å². The first-order chi connectivity index (χ1) is 15.1. The lowest BCUT2D eigenvalue weighted by Gasteiger charge is -2.29. The molecule has 2 aromatic heterocycles. The smallest absolute Gasteiger partial charge is 0.348 e. The molecular weight excluding hydrogens is 404 g/mol. The predicted molar refractivity (Wildman–Crippen MR) is 114 cm³/mol.